The molecule has 0 saturated heterocycles. The summed E-state index contributed by atoms with van der Waals surface area (Å²) in [6.07, 6.45) is 0. The molecular weight excluding hydrogens is 242 g/mol. The van der Waals surface area contributed by atoms with E-state index in [4.69, 9.17) is 16.0 Å². The number of nitrogens with zero attached hydrogens (tertiary/aromatic N) is 1. The van der Waals surface area contributed by atoms with E-state index >= 15 is 0 Å². The first-order valence-corrected chi connectivity index (χ1v) is 6.27. The molecule has 80 valence electrons. The van der Waals surface area contributed by atoms with Gasteiger partial charge in [0.15, 0.2) is 5.76 Å². The van der Waals surface area contributed by atoms with E-state index < -0.39 is 0 Å². The maximum Gasteiger partial charge on any atom is 0.154 e. The fraction of sp³-hybridized carbons (Fsp3) is 0.0833. The Balaban J connectivity index is 2.11. The van der Waals surface area contributed by atoms with Crippen LogP contribution >= 0.6 is 22.9 Å². The van der Waals surface area contributed by atoms with E-state index in [2.05, 4.69) is 4.98 Å². The molecule has 2 aromatic heterocycles. The highest BCUT2D eigenvalue weighted by atomic mass is 35.5. The number of fused-ring (bicyclic) bond motifs is 1. The standard InChI is InChI=1S/C12H8ClNOS/c13-6-12-14-9(7-16-12)11-5-8-3-1-2-4-10(8)15-11/h1-5,7H,6H2. The zero-order valence-corrected chi connectivity index (χ0v) is 9.89. The zero-order valence-electron chi connectivity index (χ0n) is 8.31. The number of halogens is 1. The highest BCUT2D eigenvalue weighted by Gasteiger charge is 2.09. The number of benzene rings is 1. The van der Waals surface area contributed by atoms with Crippen molar-refractivity contribution in [2.45, 2.75) is 5.88 Å². The number of hydrogen-bond donors (Lipinski definition) is 0. The van der Waals surface area contributed by atoms with Gasteiger partial charge in [0.05, 0.1) is 5.88 Å². The largest absolute Gasteiger partial charge is 0.454 e. The summed E-state index contributed by atoms with van der Waals surface area (Å²) in [5.74, 6) is 1.25. The molecular formula is C12H8ClNOS. The molecule has 0 fully saturated rings. The van der Waals surface area contributed by atoms with Crippen molar-refractivity contribution in [3.63, 3.8) is 0 Å². The minimum atomic E-state index is 0.449. The highest BCUT2D eigenvalue weighted by molar-refractivity contribution is 7.10. The van der Waals surface area contributed by atoms with E-state index in [1.165, 1.54) is 0 Å². The number of rotatable bonds is 2. The molecule has 16 heavy (non-hydrogen) atoms. The van der Waals surface area contributed by atoms with Crippen molar-refractivity contribution in [3.8, 4) is 11.5 Å². The van der Waals surface area contributed by atoms with Gasteiger partial charge in [-0.1, -0.05) is 18.2 Å². The highest BCUT2D eigenvalue weighted by Crippen LogP contribution is 2.28. The molecule has 0 amide bonds. The summed E-state index contributed by atoms with van der Waals surface area (Å²) >= 11 is 7.27. The van der Waals surface area contributed by atoms with Crippen molar-refractivity contribution in [1.82, 2.24) is 4.98 Å². The molecule has 0 aliphatic rings. The van der Waals surface area contributed by atoms with Gasteiger partial charge in [-0.15, -0.1) is 22.9 Å². The molecule has 0 aliphatic carbocycles. The number of hydrogen-bond acceptors (Lipinski definition) is 3. The van der Waals surface area contributed by atoms with Gasteiger partial charge in [-0.05, 0) is 12.1 Å². The van der Waals surface area contributed by atoms with Crippen molar-refractivity contribution in [3.05, 3.63) is 40.7 Å². The van der Waals surface area contributed by atoms with Crippen LogP contribution in [0.1, 0.15) is 5.01 Å². The van der Waals surface area contributed by atoms with Crippen molar-refractivity contribution >= 4 is 33.9 Å². The predicted molar refractivity (Wildman–Crippen MR) is 66.9 cm³/mol. The van der Waals surface area contributed by atoms with Crippen molar-refractivity contribution < 1.29 is 4.42 Å². The van der Waals surface area contributed by atoms with Gasteiger partial charge >= 0.3 is 0 Å². The Labute approximate surface area is 101 Å². The lowest BCUT2D eigenvalue weighted by atomic mass is 10.2. The van der Waals surface area contributed by atoms with E-state index in [0.29, 0.717) is 5.88 Å². The topological polar surface area (TPSA) is 26.0 Å². The van der Waals surface area contributed by atoms with Crippen molar-refractivity contribution in [2.24, 2.45) is 0 Å². The van der Waals surface area contributed by atoms with Crippen LogP contribution in [0.2, 0.25) is 0 Å². The van der Waals surface area contributed by atoms with E-state index in [0.717, 1.165) is 27.4 Å². The first kappa shape index (κ1) is 9.87. The zero-order chi connectivity index (χ0) is 11.0. The molecule has 0 bridgehead atoms. The first-order valence-electron chi connectivity index (χ1n) is 4.86. The van der Waals surface area contributed by atoms with E-state index in [1.54, 1.807) is 11.3 Å². The minimum Gasteiger partial charge on any atom is -0.454 e. The van der Waals surface area contributed by atoms with Crippen molar-refractivity contribution in [1.29, 1.82) is 0 Å². The van der Waals surface area contributed by atoms with Gasteiger partial charge in [0.1, 0.15) is 16.3 Å². The Morgan fingerprint density at radius 1 is 1.31 bits per heavy atom. The van der Waals surface area contributed by atoms with Crippen LogP contribution in [0.4, 0.5) is 0 Å². The quantitative estimate of drug-likeness (QED) is 0.633. The van der Waals surface area contributed by atoms with Gasteiger partial charge < -0.3 is 4.42 Å². The van der Waals surface area contributed by atoms with E-state index in [1.807, 2.05) is 35.7 Å². The lowest BCUT2D eigenvalue weighted by Gasteiger charge is -1.87. The first-order chi connectivity index (χ1) is 7.86. The average Bonchev–Trinajstić information content (AvgIpc) is 2.95. The lowest BCUT2D eigenvalue weighted by molar-refractivity contribution is 0.629. The maximum absolute atomic E-state index is 5.72. The molecule has 0 atom stereocenters. The smallest absolute Gasteiger partial charge is 0.154 e. The predicted octanol–water partition coefficient (Wildman–Crippen LogP) is 4.30. The molecule has 0 radical (unpaired) electrons. The summed E-state index contributed by atoms with van der Waals surface area (Å²) in [6, 6.07) is 9.93. The SMILES string of the molecule is ClCc1nc(-c2cc3ccccc3o2)cs1. The molecule has 0 saturated carbocycles. The summed E-state index contributed by atoms with van der Waals surface area (Å²) in [6.45, 7) is 0. The second-order valence-corrected chi connectivity index (χ2v) is 4.62. The van der Waals surface area contributed by atoms with Gasteiger partial charge in [-0.25, -0.2) is 4.98 Å². The third-order valence-corrected chi connectivity index (χ3v) is 3.60. The van der Waals surface area contributed by atoms with Gasteiger partial charge in [-0.2, -0.15) is 0 Å². The van der Waals surface area contributed by atoms with E-state index in [-0.39, 0.29) is 0 Å². The third kappa shape index (κ3) is 1.62. The van der Waals surface area contributed by atoms with Gasteiger partial charge in [-0.3, -0.25) is 0 Å². The number of aromatic nitrogens is 1. The van der Waals surface area contributed by atoms with Crippen LogP contribution in [0.15, 0.2) is 40.1 Å². The lowest BCUT2D eigenvalue weighted by Crippen LogP contribution is -1.75. The summed E-state index contributed by atoms with van der Waals surface area (Å²) in [7, 11) is 0. The summed E-state index contributed by atoms with van der Waals surface area (Å²) < 4.78 is 5.71. The van der Waals surface area contributed by atoms with Crippen LogP contribution in [0.25, 0.3) is 22.4 Å². The van der Waals surface area contributed by atoms with Crippen LogP contribution in [-0.4, -0.2) is 4.98 Å². The molecule has 2 nitrogen and oxygen atoms in total. The van der Waals surface area contributed by atoms with Crippen LogP contribution < -0.4 is 0 Å². The maximum atomic E-state index is 5.72. The Morgan fingerprint density at radius 2 is 2.19 bits per heavy atom. The van der Waals surface area contributed by atoms with Crippen LogP contribution in [0.5, 0.6) is 0 Å². The minimum absolute atomic E-state index is 0.449. The molecule has 3 rings (SSSR count). The normalized spacial score (nSPS) is 11.1. The molecule has 0 unspecified atom stereocenters. The Kier molecular flexibility index (Phi) is 2.42. The Morgan fingerprint density at radius 3 is 2.94 bits per heavy atom. The summed E-state index contributed by atoms with van der Waals surface area (Å²) in [5.41, 5.74) is 1.75. The molecule has 0 N–H and O–H groups in total. The second-order valence-electron chi connectivity index (χ2n) is 3.41. The fourth-order valence-electron chi connectivity index (χ4n) is 1.59. The second kappa shape index (κ2) is 3.92. The fourth-order valence-corrected chi connectivity index (χ4v) is 2.47. The number of thiazole rings is 1. The van der Waals surface area contributed by atoms with Crippen LogP contribution in [0.3, 0.4) is 0 Å². The third-order valence-electron chi connectivity index (χ3n) is 2.34. The molecule has 3 aromatic rings. The molecule has 4 heteroatoms. The van der Waals surface area contributed by atoms with Gasteiger partial charge in [0.2, 0.25) is 0 Å². The number of alkyl halides is 1. The number of furan rings is 1. The summed E-state index contributed by atoms with van der Waals surface area (Å²) in [5, 5.41) is 3.98. The van der Waals surface area contributed by atoms with Crippen LogP contribution in [0, 0.1) is 0 Å². The summed E-state index contributed by atoms with van der Waals surface area (Å²) in [4.78, 5) is 4.39. The molecule has 1 aromatic carbocycles. The van der Waals surface area contributed by atoms with Crippen molar-refractivity contribution in [2.75, 3.05) is 0 Å². The monoisotopic (exact) mass is 249 g/mol. The van der Waals surface area contributed by atoms with Gasteiger partial charge in [0, 0.05) is 10.8 Å². The molecule has 0 spiro atoms. The van der Waals surface area contributed by atoms with Crippen LogP contribution in [-0.2, 0) is 5.88 Å². The molecule has 2 heterocycles. The van der Waals surface area contributed by atoms with Gasteiger partial charge in [0.25, 0.3) is 0 Å². The average molecular weight is 250 g/mol. The van der Waals surface area contributed by atoms with E-state index in [9.17, 15) is 0 Å². The molecule has 0 aliphatic heterocycles. The number of para-hydroxylation sites is 1. The Bertz CT molecular complexity index is 596. The Hall–Kier alpha value is -1.32.